The molecule has 0 saturated carbocycles. The van der Waals surface area contributed by atoms with Crippen LogP contribution in [-0.2, 0) is 9.47 Å². The fourth-order valence-electron chi connectivity index (χ4n) is 5.46. The minimum Gasteiger partial charge on any atom is -0.487 e. The highest BCUT2D eigenvalue weighted by molar-refractivity contribution is 7.18. The predicted octanol–water partition coefficient (Wildman–Crippen LogP) is 5.34. The molecule has 4 heterocycles. The highest BCUT2D eigenvalue weighted by atomic mass is 35.5. The number of pyridine rings is 1. The highest BCUT2D eigenvalue weighted by Crippen LogP contribution is 2.28. The number of carbonyl (C=O) groups excluding carboxylic acids is 2. The largest absolute Gasteiger partial charge is 0.487 e. The summed E-state index contributed by atoms with van der Waals surface area (Å²) in [4.78, 5) is 42.8. The molecule has 0 spiro atoms. The molecular formula is C30H34ClN3O6S. The van der Waals surface area contributed by atoms with E-state index in [4.69, 9.17) is 25.8 Å². The summed E-state index contributed by atoms with van der Waals surface area (Å²) in [6.07, 6.45) is 3.83. The Labute approximate surface area is 248 Å². The average molecular weight is 600 g/mol. The van der Waals surface area contributed by atoms with Gasteiger partial charge in [-0.15, -0.1) is 11.3 Å². The quantitative estimate of drug-likeness (QED) is 0.260. The topological polar surface area (TPSA) is 90.3 Å². The van der Waals surface area contributed by atoms with Crippen LogP contribution in [0.3, 0.4) is 0 Å². The van der Waals surface area contributed by atoms with E-state index in [1.807, 2.05) is 19.1 Å². The van der Waals surface area contributed by atoms with Gasteiger partial charge in [0.1, 0.15) is 12.7 Å². The lowest BCUT2D eigenvalue weighted by atomic mass is 10.1. The first-order valence-corrected chi connectivity index (χ1v) is 15.0. The number of hydrogen-bond acceptors (Lipinski definition) is 8. The molecule has 9 nitrogen and oxygen atoms in total. The van der Waals surface area contributed by atoms with Crippen LogP contribution in [0.5, 0.6) is 5.75 Å². The molecule has 2 aromatic heterocycles. The summed E-state index contributed by atoms with van der Waals surface area (Å²) in [7, 11) is 1.72. The van der Waals surface area contributed by atoms with Crippen LogP contribution in [0.4, 0.5) is 10.5 Å². The number of anilines is 1. The first-order valence-electron chi connectivity index (χ1n) is 13.8. The number of thiophene rings is 1. The lowest BCUT2D eigenvalue weighted by Gasteiger charge is -2.23. The number of aryl methyl sites for hydroxylation is 1. The summed E-state index contributed by atoms with van der Waals surface area (Å²) < 4.78 is 18.9. The molecule has 1 amide bonds. The number of amides is 1. The smallest absolute Gasteiger partial charge is 0.414 e. The van der Waals surface area contributed by atoms with Crippen molar-refractivity contribution in [1.29, 1.82) is 0 Å². The maximum atomic E-state index is 13.3. The molecule has 2 fully saturated rings. The standard InChI is InChI=1S/C30H34ClN3O6S/c1-20-17-21(34-18-23(40-30(34)37)8-10-25(35)27-11-12-28(31)41-27)7-9-24(20)33-14-4-6-26(29(33)36)39-16-15-32-13-3-5-22(32)19-38-2/h4,6-7,9,11-12,14,17,22-23H,3,5,8,10,13,15-16,18-19H2,1-2H3/t22-,23-/m0/s1. The van der Waals surface area contributed by atoms with E-state index < -0.39 is 6.09 Å². The Morgan fingerprint density at radius 3 is 2.80 bits per heavy atom. The third-order valence-electron chi connectivity index (χ3n) is 7.57. The summed E-state index contributed by atoms with van der Waals surface area (Å²) in [6, 6.07) is 12.8. The van der Waals surface area contributed by atoms with Crippen molar-refractivity contribution >= 4 is 40.5 Å². The average Bonchev–Trinajstić information content (AvgIpc) is 3.69. The number of halogens is 1. The molecule has 218 valence electrons. The Balaban J connectivity index is 1.21. The van der Waals surface area contributed by atoms with Gasteiger partial charge >= 0.3 is 6.09 Å². The van der Waals surface area contributed by atoms with E-state index in [1.54, 1.807) is 53.1 Å². The van der Waals surface area contributed by atoms with E-state index in [9.17, 15) is 14.4 Å². The lowest BCUT2D eigenvalue weighted by molar-refractivity contribution is 0.0943. The number of aromatic nitrogens is 1. The molecule has 5 rings (SSSR count). The number of hydrogen-bond donors (Lipinski definition) is 0. The molecule has 0 radical (unpaired) electrons. The molecule has 2 saturated heterocycles. The van der Waals surface area contributed by atoms with Crippen molar-refractivity contribution in [3.63, 3.8) is 0 Å². The molecule has 2 aliphatic heterocycles. The van der Waals surface area contributed by atoms with Crippen LogP contribution in [0, 0.1) is 6.92 Å². The summed E-state index contributed by atoms with van der Waals surface area (Å²) in [5.41, 5.74) is 1.96. The van der Waals surface area contributed by atoms with Gasteiger partial charge in [-0.2, -0.15) is 0 Å². The van der Waals surface area contributed by atoms with E-state index in [1.165, 1.54) is 11.3 Å². The third kappa shape index (κ3) is 6.83. The predicted molar refractivity (Wildman–Crippen MR) is 159 cm³/mol. The minimum atomic E-state index is -0.452. The number of rotatable bonds is 12. The van der Waals surface area contributed by atoms with Crippen molar-refractivity contribution in [2.45, 2.75) is 44.8 Å². The summed E-state index contributed by atoms with van der Waals surface area (Å²) in [5.74, 6) is 0.281. The van der Waals surface area contributed by atoms with E-state index in [0.717, 1.165) is 31.5 Å². The molecule has 0 unspecified atom stereocenters. The van der Waals surface area contributed by atoms with Gasteiger partial charge in [-0.1, -0.05) is 11.6 Å². The molecule has 3 aromatic rings. The zero-order chi connectivity index (χ0) is 28.9. The first kappa shape index (κ1) is 29.3. The molecule has 1 aromatic carbocycles. The fraction of sp³-hybridized carbons (Fsp3) is 0.433. The van der Waals surface area contributed by atoms with Crippen molar-refractivity contribution in [3.8, 4) is 11.4 Å². The van der Waals surface area contributed by atoms with Crippen LogP contribution in [0.15, 0.2) is 53.5 Å². The number of cyclic esters (lactones) is 1. The molecule has 0 N–H and O–H groups in total. The van der Waals surface area contributed by atoms with Gasteiger partial charge in [-0.05, 0) is 80.8 Å². The molecule has 0 bridgehead atoms. The summed E-state index contributed by atoms with van der Waals surface area (Å²) in [6.45, 7) is 5.11. The van der Waals surface area contributed by atoms with Crippen molar-refractivity contribution in [1.82, 2.24) is 9.47 Å². The fourth-order valence-corrected chi connectivity index (χ4v) is 6.47. The normalized spacial score (nSPS) is 19.1. The summed E-state index contributed by atoms with van der Waals surface area (Å²) in [5, 5.41) is 0. The molecule has 0 aliphatic carbocycles. The van der Waals surface area contributed by atoms with Gasteiger partial charge in [0.15, 0.2) is 11.5 Å². The van der Waals surface area contributed by atoms with Gasteiger partial charge in [-0.3, -0.25) is 24.0 Å². The number of nitrogens with zero attached hydrogens (tertiary/aromatic N) is 3. The summed E-state index contributed by atoms with van der Waals surface area (Å²) >= 11 is 7.18. The highest BCUT2D eigenvalue weighted by Gasteiger charge is 2.33. The Kier molecular flexibility index (Phi) is 9.44. The third-order valence-corrected chi connectivity index (χ3v) is 8.85. The van der Waals surface area contributed by atoms with Crippen molar-refractivity contribution in [2.75, 3.05) is 44.9 Å². The zero-order valence-electron chi connectivity index (χ0n) is 23.2. The van der Waals surface area contributed by atoms with Gasteiger partial charge in [0, 0.05) is 38.0 Å². The van der Waals surface area contributed by atoms with Gasteiger partial charge in [0.2, 0.25) is 0 Å². The van der Waals surface area contributed by atoms with Crippen molar-refractivity contribution in [3.05, 3.63) is 73.8 Å². The van der Waals surface area contributed by atoms with Gasteiger partial charge < -0.3 is 14.2 Å². The van der Waals surface area contributed by atoms with Gasteiger partial charge in [0.25, 0.3) is 5.56 Å². The number of Topliss-reactive ketones (excluding diaryl/α,β-unsaturated/α-hetero) is 1. The zero-order valence-corrected chi connectivity index (χ0v) is 24.8. The van der Waals surface area contributed by atoms with Crippen LogP contribution in [-0.4, -0.2) is 73.4 Å². The van der Waals surface area contributed by atoms with Crippen LogP contribution >= 0.6 is 22.9 Å². The van der Waals surface area contributed by atoms with Crippen molar-refractivity contribution < 1.29 is 23.8 Å². The number of carbonyl (C=O) groups is 2. The van der Waals surface area contributed by atoms with E-state index >= 15 is 0 Å². The lowest BCUT2D eigenvalue weighted by Crippen LogP contribution is -2.36. The second kappa shape index (κ2) is 13.2. The van der Waals surface area contributed by atoms with Crippen LogP contribution in [0.1, 0.15) is 40.9 Å². The molecule has 41 heavy (non-hydrogen) atoms. The maximum absolute atomic E-state index is 13.3. The van der Waals surface area contributed by atoms with Crippen LogP contribution < -0.4 is 15.2 Å². The van der Waals surface area contributed by atoms with Gasteiger partial charge in [-0.25, -0.2) is 4.79 Å². The second-order valence-electron chi connectivity index (χ2n) is 10.3. The van der Waals surface area contributed by atoms with E-state index in [-0.39, 0.29) is 23.9 Å². The van der Waals surface area contributed by atoms with Crippen LogP contribution in [0.25, 0.3) is 5.69 Å². The number of ether oxygens (including phenoxy) is 3. The molecule has 11 heteroatoms. The molecule has 2 aliphatic rings. The monoisotopic (exact) mass is 599 g/mol. The van der Waals surface area contributed by atoms with Gasteiger partial charge in [0.05, 0.1) is 28.1 Å². The van der Waals surface area contributed by atoms with Crippen molar-refractivity contribution in [2.24, 2.45) is 0 Å². The first-order chi connectivity index (χ1) is 19.8. The van der Waals surface area contributed by atoms with Crippen LogP contribution in [0.2, 0.25) is 4.34 Å². The Morgan fingerprint density at radius 1 is 1.20 bits per heavy atom. The maximum Gasteiger partial charge on any atom is 0.414 e. The second-order valence-corrected chi connectivity index (χ2v) is 12.1. The number of methoxy groups -OCH3 is 1. The van der Waals surface area contributed by atoms with E-state index in [2.05, 4.69) is 4.90 Å². The number of benzene rings is 1. The Hall–Kier alpha value is -3.18. The molecular weight excluding hydrogens is 566 g/mol. The minimum absolute atomic E-state index is 0.0143. The number of ketones is 1. The Morgan fingerprint density at radius 2 is 2.05 bits per heavy atom. The Bertz CT molecular complexity index is 1460. The molecule has 2 atom stereocenters. The van der Waals surface area contributed by atoms with E-state index in [0.29, 0.717) is 58.6 Å². The SMILES string of the molecule is COC[C@@H]1CCCN1CCOc1cccn(-c2ccc(N3C[C@H](CCC(=O)c4ccc(Cl)s4)OC3=O)cc2C)c1=O. The number of likely N-dealkylation sites (tertiary alicyclic amines) is 1.